The van der Waals surface area contributed by atoms with E-state index in [1.807, 2.05) is 48.5 Å². The first-order valence-electron chi connectivity index (χ1n) is 13.3. The van der Waals surface area contributed by atoms with Crippen molar-refractivity contribution in [2.75, 3.05) is 13.1 Å². The Hall–Kier alpha value is -3.41. The Balaban J connectivity index is 1.24. The molecule has 1 aliphatic heterocycles. The first-order valence-corrected chi connectivity index (χ1v) is 13.6. The minimum Gasteiger partial charge on any atom is -0.346 e. The highest BCUT2D eigenvalue weighted by atomic mass is 35.5. The van der Waals surface area contributed by atoms with Gasteiger partial charge in [-0.2, -0.15) is 0 Å². The van der Waals surface area contributed by atoms with Gasteiger partial charge >= 0.3 is 0 Å². The third kappa shape index (κ3) is 4.94. The number of aromatic nitrogens is 3. The molecule has 2 aromatic heterocycles. The number of piperidine rings is 1. The summed E-state index contributed by atoms with van der Waals surface area (Å²) in [6.45, 7) is 3.29. The normalized spacial score (nSPS) is 14.5. The molecule has 5 aromatic rings. The second-order valence-electron chi connectivity index (χ2n) is 10.1. The molecule has 0 saturated carbocycles. The Bertz CT molecular complexity index is 1550. The van der Waals surface area contributed by atoms with Crippen LogP contribution in [0.4, 0.5) is 0 Å². The summed E-state index contributed by atoms with van der Waals surface area (Å²) in [4.78, 5) is 21.2. The summed E-state index contributed by atoms with van der Waals surface area (Å²) in [6, 6.07) is 21.2. The third-order valence-electron chi connectivity index (χ3n) is 7.62. The fourth-order valence-electron chi connectivity index (χ4n) is 5.60. The quantitative estimate of drug-likeness (QED) is 0.171. The van der Waals surface area contributed by atoms with Crippen LogP contribution in [-0.4, -0.2) is 33.4 Å². The number of benzene rings is 3. The average Bonchev–Trinajstić information content (AvgIpc) is 3.52. The molecule has 0 bridgehead atoms. The van der Waals surface area contributed by atoms with E-state index < -0.39 is 0 Å². The molecule has 6 rings (SSSR count). The van der Waals surface area contributed by atoms with Crippen molar-refractivity contribution in [2.24, 2.45) is 5.92 Å². The lowest BCUT2D eigenvalue weighted by atomic mass is 9.92. The lowest BCUT2D eigenvalue weighted by Crippen LogP contribution is -2.27. The summed E-state index contributed by atoms with van der Waals surface area (Å²) in [5.41, 5.74) is 5.06. The fraction of sp³-hybridized carbons (Fsp3) is 0.290. The average molecular weight is 511 g/mol. The molecule has 0 aliphatic carbocycles. The second-order valence-corrected chi connectivity index (χ2v) is 10.5. The number of ketones is 1. The van der Waals surface area contributed by atoms with Gasteiger partial charge in [-0.3, -0.25) is 4.79 Å². The molecule has 5 nitrogen and oxygen atoms in total. The molecule has 0 amide bonds. The minimum atomic E-state index is -0.00516. The zero-order chi connectivity index (χ0) is 25.2. The maximum atomic E-state index is 12.9. The summed E-state index contributed by atoms with van der Waals surface area (Å²) < 4.78 is 2.28. The van der Waals surface area contributed by atoms with Gasteiger partial charge in [-0.15, -0.1) is 0 Å². The van der Waals surface area contributed by atoms with Gasteiger partial charge < -0.3 is 14.9 Å². The monoisotopic (exact) mass is 510 g/mol. The molecule has 6 heteroatoms. The van der Waals surface area contributed by atoms with E-state index in [1.54, 1.807) is 0 Å². The summed E-state index contributed by atoms with van der Waals surface area (Å²) in [6.07, 6.45) is 8.38. The standard InChI is InChI=1S/C31H31ClN4O/c32-25-20-36(18-5-4-7-21-14-16-33-17-15-21)28-11-6-10-24(29(25)28)31-34-26-13-12-23(19-27(26)35-31)30(37)22-8-2-1-3-9-22/h1-3,6,8-13,19-21,33H,4-5,7,14-18H2,(H,34,35). The molecule has 0 atom stereocenters. The molecule has 3 heterocycles. The maximum Gasteiger partial charge on any atom is 0.193 e. The number of unbranched alkanes of at least 4 members (excludes halogenated alkanes) is 1. The van der Waals surface area contributed by atoms with E-state index in [2.05, 4.69) is 39.3 Å². The number of imidazole rings is 1. The lowest BCUT2D eigenvalue weighted by molar-refractivity contribution is 0.103. The Morgan fingerprint density at radius 1 is 0.973 bits per heavy atom. The van der Waals surface area contributed by atoms with Crippen molar-refractivity contribution in [3.05, 3.63) is 89.1 Å². The Morgan fingerprint density at radius 2 is 1.81 bits per heavy atom. The Labute approximate surface area is 221 Å². The van der Waals surface area contributed by atoms with Crippen molar-refractivity contribution in [3.8, 4) is 11.4 Å². The van der Waals surface area contributed by atoms with Crippen molar-refractivity contribution < 1.29 is 4.79 Å². The van der Waals surface area contributed by atoms with Crippen LogP contribution in [0.5, 0.6) is 0 Å². The highest BCUT2D eigenvalue weighted by Gasteiger charge is 2.17. The zero-order valence-electron chi connectivity index (χ0n) is 20.8. The molecule has 0 unspecified atom stereocenters. The summed E-state index contributed by atoms with van der Waals surface area (Å²) in [5.74, 6) is 1.62. The number of rotatable bonds is 8. The molecular formula is C31H31ClN4O. The van der Waals surface area contributed by atoms with E-state index in [1.165, 1.54) is 25.7 Å². The van der Waals surface area contributed by atoms with Crippen LogP contribution < -0.4 is 5.32 Å². The van der Waals surface area contributed by atoms with Crippen LogP contribution >= 0.6 is 11.6 Å². The van der Waals surface area contributed by atoms with E-state index in [4.69, 9.17) is 16.6 Å². The zero-order valence-corrected chi connectivity index (χ0v) is 21.6. The number of carbonyl (C=O) groups is 1. The van der Waals surface area contributed by atoms with Gasteiger partial charge in [0.1, 0.15) is 5.82 Å². The lowest BCUT2D eigenvalue weighted by Gasteiger charge is -2.22. The van der Waals surface area contributed by atoms with Crippen molar-refractivity contribution in [3.63, 3.8) is 0 Å². The highest BCUT2D eigenvalue weighted by Crippen LogP contribution is 2.35. The number of aromatic amines is 1. The van der Waals surface area contributed by atoms with Gasteiger partial charge in [0.15, 0.2) is 5.78 Å². The number of fused-ring (bicyclic) bond motifs is 2. The van der Waals surface area contributed by atoms with Gasteiger partial charge in [-0.1, -0.05) is 66.9 Å². The van der Waals surface area contributed by atoms with Gasteiger partial charge in [0.25, 0.3) is 0 Å². The molecule has 37 heavy (non-hydrogen) atoms. The molecular weight excluding hydrogens is 480 g/mol. The van der Waals surface area contributed by atoms with Gasteiger partial charge in [0, 0.05) is 34.8 Å². The Kier molecular flexibility index (Phi) is 6.81. The summed E-state index contributed by atoms with van der Waals surface area (Å²) in [5, 5.41) is 5.21. The van der Waals surface area contributed by atoms with Crippen LogP contribution in [0.1, 0.15) is 48.0 Å². The predicted octanol–water partition coefficient (Wildman–Crippen LogP) is 7.24. The molecule has 188 valence electrons. The fourth-order valence-corrected chi connectivity index (χ4v) is 5.92. The first kappa shape index (κ1) is 24.0. The number of halogens is 1. The predicted molar refractivity (Wildman–Crippen MR) is 151 cm³/mol. The molecule has 2 N–H and O–H groups in total. The Morgan fingerprint density at radius 3 is 2.65 bits per heavy atom. The number of hydrogen-bond donors (Lipinski definition) is 2. The molecule has 3 aromatic carbocycles. The number of hydrogen-bond acceptors (Lipinski definition) is 3. The van der Waals surface area contributed by atoms with Crippen LogP contribution in [0.2, 0.25) is 5.02 Å². The molecule has 1 saturated heterocycles. The van der Waals surface area contributed by atoms with E-state index in [0.717, 1.165) is 70.3 Å². The largest absolute Gasteiger partial charge is 0.346 e. The van der Waals surface area contributed by atoms with Crippen LogP contribution in [0.15, 0.2) is 72.9 Å². The second kappa shape index (κ2) is 10.5. The maximum absolute atomic E-state index is 12.9. The molecule has 1 aliphatic rings. The first-order chi connectivity index (χ1) is 18.2. The molecule has 0 spiro atoms. The number of aryl methyl sites for hydroxylation is 1. The summed E-state index contributed by atoms with van der Waals surface area (Å²) in [7, 11) is 0. The number of carbonyl (C=O) groups excluding carboxylic acids is 1. The van der Waals surface area contributed by atoms with Crippen LogP contribution in [0.3, 0.4) is 0 Å². The van der Waals surface area contributed by atoms with E-state index in [9.17, 15) is 4.79 Å². The van der Waals surface area contributed by atoms with Gasteiger partial charge in [0.2, 0.25) is 0 Å². The van der Waals surface area contributed by atoms with Crippen molar-refractivity contribution in [1.82, 2.24) is 19.9 Å². The smallest absolute Gasteiger partial charge is 0.193 e. The number of nitrogens with one attached hydrogen (secondary N) is 2. The van der Waals surface area contributed by atoms with Crippen molar-refractivity contribution in [1.29, 1.82) is 0 Å². The van der Waals surface area contributed by atoms with E-state index >= 15 is 0 Å². The van der Waals surface area contributed by atoms with Crippen LogP contribution in [0.25, 0.3) is 33.3 Å². The SMILES string of the molecule is O=C(c1ccccc1)c1ccc2[nH]c(-c3cccc4c3c(Cl)cn4CCCCC3CCNCC3)nc2c1. The minimum absolute atomic E-state index is 0.00516. The van der Waals surface area contributed by atoms with E-state index in [0.29, 0.717) is 11.1 Å². The van der Waals surface area contributed by atoms with Crippen molar-refractivity contribution in [2.45, 2.75) is 38.6 Å². The van der Waals surface area contributed by atoms with E-state index in [-0.39, 0.29) is 5.78 Å². The van der Waals surface area contributed by atoms with Crippen molar-refractivity contribution >= 4 is 39.3 Å². The van der Waals surface area contributed by atoms with Crippen LogP contribution in [0, 0.1) is 5.92 Å². The van der Waals surface area contributed by atoms with Gasteiger partial charge in [-0.05, 0) is 62.5 Å². The summed E-state index contributed by atoms with van der Waals surface area (Å²) >= 11 is 6.79. The number of nitrogens with zero attached hydrogens (tertiary/aromatic N) is 2. The number of H-pyrrole nitrogens is 1. The van der Waals surface area contributed by atoms with Gasteiger partial charge in [-0.25, -0.2) is 4.98 Å². The van der Waals surface area contributed by atoms with Gasteiger partial charge in [0.05, 0.1) is 21.6 Å². The topological polar surface area (TPSA) is 62.7 Å². The van der Waals surface area contributed by atoms with Crippen LogP contribution in [-0.2, 0) is 6.54 Å². The molecule has 0 radical (unpaired) electrons. The third-order valence-corrected chi connectivity index (χ3v) is 7.90. The highest BCUT2D eigenvalue weighted by molar-refractivity contribution is 6.36. The molecule has 1 fully saturated rings.